The molecular weight excluding hydrogens is 392 g/mol. The summed E-state index contributed by atoms with van der Waals surface area (Å²) >= 11 is 1.52. The zero-order valence-electron chi connectivity index (χ0n) is 17.0. The van der Waals surface area contributed by atoms with E-state index in [-0.39, 0.29) is 5.91 Å². The average molecular weight is 417 g/mol. The number of aryl methyl sites for hydroxylation is 1. The van der Waals surface area contributed by atoms with E-state index < -0.39 is 0 Å². The Morgan fingerprint density at radius 2 is 1.80 bits per heavy atom. The minimum Gasteiger partial charge on any atom is -0.335 e. The number of nitrogens with zero attached hydrogens (tertiary/aromatic N) is 4. The second-order valence-electron chi connectivity index (χ2n) is 7.75. The fourth-order valence-electron chi connectivity index (χ4n) is 4.05. The van der Waals surface area contributed by atoms with Gasteiger partial charge in [-0.25, -0.2) is 4.98 Å². The van der Waals surface area contributed by atoms with Gasteiger partial charge in [-0.2, -0.15) is 0 Å². The molecule has 1 amide bonds. The summed E-state index contributed by atoms with van der Waals surface area (Å²) in [6, 6.07) is 18.4. The zero-order valence-corrected chi connectivity index (χ0v) is 17.8. The second kappa shape index (κ2) is 8.05. The van der Waals surface area contributed by atoms with Crippen LogP contribution in [-0.4, -0.2) is 51.3 Å². The van der Waals surface area contributed by atoms with Crippen LogP contribution in [-0.2, 0) is 6.54 Å². The van der Waals surface area contributed by atoms with Crippen LogP contribution in [0.5, 0.6) is 0 Å². The van der Waals surface area contributed by atoms with Crippen LogP contribution in [0.2, 0.25) is 0 Å². The van der Waals surface area contributed by atoms with Crippen molar-refractivity contribution in [1.29, 1.82) is 0 Å². The van der Waals surface area contributed by atoms with Gasteiger partial charge in [-0.15, -0.1) is 11.3 Å². The Balaban J connectivity index is 1.39. The van der Waals surface area contributed by atoms with Gasteiger partial charge < -0.3 is 9.30 Å². The normalized spacial score (nSPS) is 15.0. The van der Waals surface area contributed by atoms with Gasteiger partial charge in [0.15, 0.2) is 0 Å². The van der Waals surface area contributed by atoms with E-state index in [1.165, 1.54) is 22.6 Å². The minimum atomic E-state index is 0.153. The largest absolute Gasteiger partial charge is 0.335 e. The van der Waals surface area contributed by atoms with Crippen LogP contribution in [0.1, 0.15) is 20.9 Å². The Morgan fingerprint density at radius 3 is 2.53 bits per heavy atom. The molecule has 1 aromatic carbocycles. The van der Waals surface area contributed by atoms with E-state index in [1.54, 1.807) is 0 Å². The fraction of sp³-hybridized carbons (Fsp3) is 0.250. The molecule has 0 N–H and O–H groups in total. The first-order valence-corrected chi connectivity index (χ1v) is 11.1. The van der Waals surface area contributed by atoms with E-state index in [2.05, 4.69) is 58.8 Å². The lowest BCUT2D eigenvalue weighted by molar-refractivity contribution is 0.0631. The van der Waals surface area contributed by atoms with Crippen LogP contribution >= 0.6 is 11.3 Å². The molecule has 0 atom stereocenters. The van der Waals surface area contributed by atoms with Crippen LogP contribution in [0.25, 0.3) is 16.9 Å². The lowest BCUT2D eigenvalue weighted by Gasteiger charge is -2.34. The van der Waals surface area contributed by atoms with Crippen molar-refractivity contribution in [3.63, 3.8) is 0 Å². The maximum absolute atomic E-state index is 12.6. The summed E-state index contributed by atoms with van der Waals surface area (Å²) in [4.78, 5) is 22.8. The summed E-state index contributed by atoms with van der Waals surface area (Å²) in [6.45, 7) is 6.17. The highest BCUT2D eigenvalue weighted by atomic mass is 32.1. The number of aromatic nitrogens is 2. The van der Waals surface area contributed by atoms with Crippen molar-refractivity contribution in [1.82, 2.24) is 19.2 Å². The van der Waals surface area contributed by atoms with Crippen molar-refractivity contribution < 1.29 is 4.79 Å². The van der Waals surface area contributed by atoms with Crippen LogP contribution in [0.4, 0.5) is 0 Å². The molecule has 4 heterocycles. The lowest BCUT2D eigenvalue weighted by atomic mass is 10.1. The number of fused-ring (bicyclic) bond motifs is 1. The van der Waals surface area contributed by atoms with Gasteiger partial charge in [-0.1, -0.05) is 42.5 Å². The van der Waals surface area contributed by atoms with E-state index >= 15 is 0 Å². The smallest absolute Gasteiger partial charge is 0.264 e. The fourth-order valence-corrected chi connectivity index (χ4v) is 4.75. The van der Waals surface area contributed by atoms with Gasteiger partial charge in [0.25, 0.3) is 5.91 Å². The molecule has 4 aromatic rings. The molecule has 0 saturated carbocycles. The number of thiophene rings is 1. The molecule has 5 rings (SSSR count). The van der Waals surface area contributed by atoms with Crippen LogP contribution in [0.3, 0.4) is 0 Å². The van der Waals surface area contributed by atoms with E-state index in [9.17, 15) is 4.79 Å². The van der Waals surface area contributed by atoms with Gasteiger partial charge >= 0.3 is 0 Å². The topological polar surface area (TPSA) is 40.9 Å². The van der Waals surface area contributed by atoms with E-state index in [4.69, 9.17) is 4.98 Å². The Labute approximate surface area is 180 Å². The molecule has 1 fully saturated rings. The molecule has 1 aliphatic heterocycles. The number of hydrogen-bond donors (Lipinski definition) is 0. The number of carbonyl (C=O) groups is 1. The quantitative estimate of drug-likeness (QED) is 0.497. The third-order valence-electron chi connectivity index (χ3n) is 5.68. The first-order chi connectivity index (χ1) is 14.7. The van der Waals surface area contributed by atoms with Crippen LogP contribution in [0, 0.1) is 6.92 Å². The molecule has 0 spiro atoms. The first-order valence-electron chi connectivity index (χ1n) is 10.3. The van der Waals surface area contributed by atoms with Crippen LogP contribution < -0.4 is 0 Å². The number of imidazole rings is 1. The number of carbonyl (C=O) groups excluding carboxylic acids is 1. The number of rotatable bonds is 4. The minimum absolute atomic E-state index is 0.153. The van der Waals surface area contributed by atoms with Gasteiger partial charge in [-0.05, 0) is 30.0 Å². The first kappa shape index (κ1) is 19.0. The number of hydrogen-bond acceptors (Lipinski definition) is 4. The van der Waals surface area contributed by atoms with Gasteiger partial charge in [-0.3, -0.25) is 9.69 Å². The molecule has 0 aliphatic carbocycles. The molecule has 5 nitrogen and oxygen atoms in total. The molecule has 0 unspecified atom stereocenters. The summed E-state index contributed by atoms with van der Waals surface area (Å²) in [6.07, 6.45) is 2.17. The molecule has 0 radical (unpaired) electrons. The third kappa shape index (κ3) is 3.64. The molecular formula is C24H24N4OS. The van der Waals surface area contributed by atoms with Crippen molar-refractivity contribution >= 4 is 22.9 Å². The van der Waals surface area contributed by atoms with Crippen molar-refractivity contribution in [3.8, 4) is 11.3 Å². The van der Waals surface area contributed by atoms with Crippen LogP contribution in [0.15, 0.2) is 66.2 Å². The lowest BCUT2D eigenvalue weighted by Crippen LogP contribution is -2.48. The number of amides is 1. The van der Waals surface area contributed by atoms with Gasteiger partial charge in [0, 0.05) is 44.5 Å². The molecule has 1 aliphatic rings. The van der Waals surface area contributed by atoms with E-state index in [0.717, 1.165) is 54.5 Å². The maximum Gasteiger partial charge on any atom is 0.264 e. The number of benzene rings is 1. The molecule has 6 heteroatoms. The van der Waals surface area contributed by atoms with E-state index in [1.807, 2.05) is 28.5 Å². The molecule has 3 aromatic heterocycles. The summed E-state index contributed by atoms with van der Waals surface area (Å²) < 4.78 is 2.22. The Hall–Kier alpha value is -2.96. The Bertz CT molecular complexity index is 1160. The second-order valence-corrected chi connectivity index (χ2v) is 8.70. The highest BCUT2D eigenvalue weighted by Gasteiger charge is 2.24. The molecule has 0 bridgehead atoms. The molecule has 30 heavy (non-hydrogen) atoms. The van der Waals surface area contributed by atoms with Crippen molar-refractivity contribution in [3.05, 3.63) is 82.3 Å². The van der Waals surface area contributed by atoms with Crippen molar-refractivity contribution in [2.75, 3.05) is 26.2 Å². The summed E-state index contributed by atoms with van der Waals surface area (Å²) in [5, 5.41) is 1.96. The summed E-state index contributed by atoms with van der Waals surface area (Å²) in [7, 11) is 0. The van der Waals surface area contributed by atoms with Crippen molar-refractivity contribution in [2.24, 2.45) is 0 Å². The monoisotopic (exact) mass is 416 g/mol. The molecule has 1 saturated heterocycles. The van der Waals surface area contributed by atoms with Gasteiger partial charge in [0.2, 0.25) is 0 Å². The Morgan fingerprint density at radius 1 is 1.00 bits per heavy atom. The SMILES string of the molecule is Cc1ccc2nc(-c3ccccc3)c(CN3CCN(C(=O)c4cccs4)CC3)n2c1. The third-order valence-corrected chi connectivity index (χ3v) is 6.54. The summed E-state index contributed by atoms with van der Waals surface area (Å²) in [5.41, 5.74) is 5.57. The predicted octanol–water partition coefficient (Wildman–Crippen LogP) is 4.33. The highest BCUT2D eigenvalue weighted by molar-refractivity contribution is 7.12. The van der Waals surface area contributed by atoms with Gasteiger partial charge in [0.1, 0.15) is 5.65 Å². The maximum atomic E-state index is 12.6. The number of piperazine rings is 1. The predicted molar refractivity (Wildman–Crippen MR) is 121 cm³/mol. The Kier molecular flexibility index (Phi) is 5.11. The van der Waals surface area contributed by atoms with Crippen molar-refractivity contribution in [2.45, 2.75) is 13.5 Å². The average Bonchev–Trinajstić information content (AvgIpc) is 3.43. The van der Waals surface area contributed by atoms with E-state index in [0.29, 0.717) is 0 Å². The summed E-state index contributed by atoms with van der Waals surface area (Å²) in [5.74, 6) is 0.153. The standard InChI is InChI=1S/C24H24N4OS/c1-18-9-10-22-25-23(19-6-3-2-4-7-19)20(28(22)16-18)17-26-11-13-27(14-12-26)24(29)21-8-5-15-30-21/h2-10,15-16H,11-14,17H2,1H3. The zero-order chi connectivity index (χ0) is 20.5. The number of pyridine rings is 1. The molecule has 152 valence electrons. The van der Waals surface area contributed by atoms with Gasteiger partial charge in [0.05, 0.1) is 16.3 Å². The highest BCUT2D eigenvalue weighted by Crippen LogP contribution is 2.26.